The van der Waals surface area contributed by atoms with Crippen LogP contribution in [-0.2, 0) is 0 Å². The lowest BCUT2D eigenvalue weighted by Crippen LogP contribution is -2.30. The Balaban J connectivity index is 1.77. The van der Waals surface area contributed by atoms with Crippen LogP contribution in [0.3, 0.4) is 0 Å². The van der Waals surface area contributed by atoms with Gasteiger partial charge in [0.25, 0.3) is 0 Å². The summed E-state index contributed by atoms with van der Waals surface area (Å²) in [4.78, 5) is 0. The Bertz CT molecular complexity index is 588. The Hall–Kier alpha value is -1.86. The van der Waals surface area contributed by atoms with Crippen molar-refractivity contribution in [3.8, 4) is 11.1 Å². The van der Waals surface area contributed by atoms with Crippen molar-refractivity contribution in [2.45, 2.75) is 24.9 Å². The standard InChI is InChI=1S/C18H17N/c1-2-8-13(7-1)19-18-16-11-5-3-9-14(16)15-10-4-6-12-17(15)18/h1-6,9-13,18-19H,7-8H2. The summed E-state index contributed by atoms with van der Waals surface area (Å²) in [5.41, 5.74) is 5.63. The van der Waals surface area contributed by atoms with Crippen molar-refractivity contribution in [3.63, 3.8) is 0 Å². The quantitative estimate of drug-likeness (QED) is 0.789. The van der Waals surface area contributed by atoms with Gasteiger partial charge in [0.1, 0.15) is 0 Å². The molecule has 0 saturated carbocycles. The normalized spacial score (nSPS) is 17.7. The molecule has 0 amide bonds. The van der Waals surface area contributed by atoms with Crippen LogP contribution in [0.5, 0.6) is 0 Å². The Labute approximate surface area is 114 Å². The van der Waals surface area contributed by atoms with Crippen LogP contribution in [0.1, 0.15) is 30.0 Å². The molecule has 0 unspecified atom stereocenters. The number of fused-ring (bicyclic) bond motifs is 3. The second-order valence-electron chi connectivity index (χ2n) is 5.41. The van der Waals surface area contributed by atoms with Crippen LogP contribution in [0, 0.1) is 0 Å². The van der Waals surface area contributed by atoms with Gasteiger partial charge in [0.05, 0.1) is 6.04 Å². The zero-order chi connectivity index (χ0) is 12.7. The van der Waals surface area contributed by atoms with Crippen molar-refractivity contribution < 1.29 is 0 Å². The zero-order valence-electron chi connectivity index (χ0n) is 10.8. The molecule has 1 N–H and O–H groups in total. The van der Waals surface area contributed by atoms with E-state index in [1.807, 2.05) is 0 Å². The van der Waals surface area contributed by atoms with Gasteiger partial charge in [-0.1, -0.05) is 60.7 Å². The van der Waals surface area contributed by atoms with Gasteiger partial charge in [-0.25, -0.2) is 0 Å². The SMILES string of the molecule is C1=CCC(NC2c3ccccc3-c3ccccc32)C1. The largest absolute Gasteiger partial charge is 0.303 e. The number of hydrogen-bond donors (Lipinski definition) is 1. The van der Waals surface area contributed by atoms with Crippen LogP contribution in [0.4, 0.5) is 0 Å². The Kier molecular flexibility index (Phi) is 2.52. The Morgan fingerprint density at radius 2 is 1.26 bits per heavy atom. The fourth-order valence-electron chi connectivity index (χ4n) is 3.32. The van der Waals surface area contributed by atoms with Gasteiger partial charge in [0.15, 0.2) is 0 Å². The molecule has 0 heterocycles. The van der Waals surface area contributed by atoms with E-state index in [2.05, 4.69) is 66.0 Å². The van der Waals surface area contributed by atoms with Crippen molar-refractivity contribution >= 4 is 0 Å². The summed E-state index contributed by atoms with van der Waals surface area (Å²) in [5.74, 6) is 0. The maximum absolute atomic E-state index is 3.83. The maximum Gasteiger partial charge on any atom is 0.0591 e. The average Bonchev–Trinajstić information content (AvgIpc) is 3.08. The summed E-state index contributed by atoms with van der Waals surface area (Å²) < 4.78 is 0. The van der Waals surface area contributed by atoms with E-state index in [1.54, 1.807) is 0 Å². The van der Waals surface area contributed by atoms with E-state index < -0.39 is 0 Å². The van der Waals surface area contributed by atoms with E-state index in [0.29, 0.717) is 12.1 Å². The van der Waals surface area contributed by atoms with Gasteiger partial charge in [0, 0.05) is 6.04 Å². The smallest absolute Gasteiger partial charge is 0.0591 e. The van der Waals surface area contributed by atoms with E-state index in [9.17, 15) is 0 Å². The highest BCUT2D eigenvalue weighted by Crippen LogP contribution is 2.43. The van der Waals surface area contributed by atoms with E-state index >= 15 is 0 Å². The molecule has 2 aromatic rings. The predicted molar refractivity (Wildman–Crippen MR) is 79.0 cm³/mol. The number of hydrogen-bond acceptors (Lipinski definition) is 1. The predicted octanol–water partition coefficient (Wildman–Crippen LogP) is 4.06. The van der Waals surface area contributed by atoms with E-state index in [-0.39, 0.29) is 0 Å². The molecule has 1 nitrogen and oxygen atoms in total. The highest BCUT2D eigenvalue weighted by atomic mass is 15.0. The second-order valence-corrected chi connectivity index (χ2v) is 5.41. The molecule has 0 radical (unpaired) electrons. The molecule has 94 valence electrons. The van der Waals surface area contributed by atoms with E-state index in [0.717, 1.165) is 12.8 Å². The Morgan fingerprint density at radius 1 is 0.737 bits per heavy atom. The summed E-state index contributed by atoms with van der Waals surface area (Å²) in [5, 5.41) is 3.83. The molecule has 0 saturated heterocycles. The van der Waals surface area contributed by atoms with Gasteiger partial charge in [-0.3, -0.25) is 0 Å². The van der Waals surface area contributed by atoms with Gasteiger partial charge in [0.2, 0.25) is 0 Å². The lowest BCUT2D eigenvalue weighted by Gasteiger charge is -2.21. The van der Waals surface area contributed by atoms with Gasteiger partial charge in [-0.15, -0.1) is 0 Å². The average molecular weight is 247 g/mol. The van der Waals surface area contributed by atoms with Crippen molar-refractivity contribution in [1.29, 1.82) is 0 Å². The lowest BCUT2D eigenvalue weighted by atomic mass is 10.0. The fraction of sp³-hybridized carbons (Fsp3) is 0.222. The van der Waals surface area contributed by atoms with Crippen molar-refractivity contribution in [2.75, 3.05) is 0 Å². The van der Waals surface area contributed by atoms with Crippen LogP contribution in [0.15, 0.2) is 60.7 Å². The van der Waals surface area contributed by atoms with E-state index in [1.165, 1.54) is 22.3 Å². The minimum Gasteiger partial charge on any atom is -0.303 e. The lowest BCUT2D eigenvalue weighted by molar-refractivity contribution is 0.495. The molecule has 2 aromatic carbocycles. The maximum atomic E-state index is 3.83. The van der Waals surface area contributed by atoms with Crippen LogP contribution in [0.25, 0.3) is 11.1 Å². The van der Waals surface area contributed by atoms with Crippen molar-refractivity contribution in [3.05, 3.63) is 71.8 Å². The molecule has 0 fully saturated rings. The van der Waals surface area contributed by atoms with Gasteiger partial charge in [-0.2, -0.15) is 0 Å². The third kappa shape index (κ3) is 1.73. The molecular weight excluding hydrogens is 230 g/mol. The summed E-state index contributed by atoms with van der Waals surface area (Å²) in [6.45, 7) is 0. The topological polar surface area (TPSA) is 12.0 Å². The first kappa shape index (κ1) is 11.0. The monoisotopic (exact) mass is 247 g/mol. The first-order valence-corrected chi connectivity index (χ1v) is 7.03. The minimum absolute atomic E-state index is 0.359. The number of benzene rings is 2. The van der Waals surface area contributed by atoms with Gasteiger partial charge >= 0.3 is 0 Å². The second kappa shape index (κ2) is 4.36. The molecule has 0 aromatic heterocycles. The van der Waals surface area contributed by atoms with Gasteiger partial charge < -0.3 is 5.32 Å². The number of nitrogens with one attached hydrogen (secondary N) is 1. The van der Waals surface area contributed by atoms with Gasteiger partial charge in [-0.05, 0) is 35.1 Å². The fourth-order valence-corrected chi connectivity index (χ4v) is 3.32. The van der Waals surface area contributed by atoms with Crippen molar-refractivity contribution in [1.82, 2.24) is 5.32 Å². The molecule has 0 spiro atoms. The molecule has 0 atom stereocenters. The zero-order valence-corrected chi connectivity index (χ0v) is 10.8. The molecule has 0 bridgehead atoms. The first-order valence-electron chi connectivity index (χ1n) is 7.03. The summed E-state index contributed by atoms with van der Waals surface area (Å²) in [7, 11) is 0. The van der Waals surface area contributed by atoms with Crippen LogP contribution >= 0.6 is 0 Å². The molecule has 2 aliphatic rings. The third-order valence-electron chi connectivity index (χ3n) is 4.24. The molecule has 2 aliphatic carbocycles. The highest BCUT2D eigenvalue weighted by molar-refractivity contribution is 5.78. The molecular formula is C18H17N. The summed E-state index contributed by atoms with van der Waals surface area (Å²) >= 11 is 0. The van der Waals surface area contributed by atoms with Crippen LogP contribution < -0.4 is 5.32 Å². The van der Waals surface area contributed by atoms with Crippen molar-refractivity contribution in [2.24, 2.45) is 0 Å². The molecule has 4 rings (SSSR count). The highest BCUT2D eigenvalue weighted by Gasteiger charge is 2.29. The molecule has 19 heavy (non-hydrogen) atoms. The molecule has 0 aliphatic heterocycles. The summed E-state index contributed by atoms with van der Waals surface area (Å²) in [6, 6.07) is 18.5. The van der Waals surface area contributed by atoms with Crippen LogP contribution in [0.2, 0.25) is 0 Å². The summed E-state index contributed by atoms with van der Waals surface area (Å²) in [6.07, 6.45) is 6.87. The van der Waals surface area contributed by atoms with E-state index in [4.69, 9.17) is 0 Å². The first-order chi connectivity index (χ1) is 9.43. The third-order valence-corrected chi connectivity index (χ3v) is 4.24. The Morgan fingerprint density at radius 3 is 1.84 bits per heavy atom. The minimum atomic E-state index is 0.359. The van der Waals surface area contributed by atoms with Crippen LogP contribution in [-0.4, -0.2) is 6.04 Å². The molecule has 1 heteroatoms. The number of rotatable bonds is 2.